The van der Waals surface area contributed by atoms with Crippen molar-refractivity contribution in [2.45, 2.75) is 5.92 Å². The number of aromatic nitrogens is 2. The third-order valence-electron chi connectivity index (χ3n) is 3.78. The van der Waals surface area contributed by atoms with E-state index in [-0.39, 0.29) is 17.4 Å². The topological polar surface area (TPSA) is 44.2 Å². The summed E-state index contributed by atoms with van der Waals surface area (Å²) in [6, 6.07) is 7.95. The van der Waals surface area contributed by atoms with Gasteiger partial charge >= 0.3 is 5.92 Å². The number of rotatable bonds is 6. The predicted molar refractivity (Wildman–Crippen MR) is 90.4 cm³/mol. The maximum atomic E-state index is 13.9. The Hall–Kier alpha value is -3.16. The molecule has 0 spiro atoms. The molecule has 0 saturated carbocycles. The van der Waals surface area contributed by atoms with E-state index in [0.29, 0.717) is 11.1 Å². The molecule has 0 N–H and O–H groups in total. The average Bonchev–Trinajstić information content (AvgIpc) is 2.68. The summed E-state index contributed by atoms with van der Waals surface area (Å²) in [6.07, 6.45) is 3.88. The number of pyridine rings is 2. The van der Waals surface area contributed by atoms with Gasteiger partial charge in [0.2, 0.25) is 5.88 Å². The highest BCUT2D eigenvalue weighted by Crippen LogP contribution is 2.38. The van der Waals surface area contributed by atoms with Crippen molar-refractivity contribution in [3.05, 3.63) is 66.4 Å². The Morgan fingerprint density at radius 2 is 1.78 bits per heavy atom. The third kappa shape index (κ3) is 3.84. The minimum atomic E-state index is -3.56. The van der Waals surface area contributed by atoms with E-state index in [1.54, 1.807) is 12.1 Å². The molecule has 8 heteroatoms. The van der Waals surface area contributed by atoms with Crippen molar-refractivity contribution in [2.24, 2.45) is 0 Å². The molecule has 4 nitrogen and oxygen atoms in total. The summed E-state index contributed by atoms with van der Waals surface area (Å²) in [5, 5.41) is 0. The van der Waals surface area contributed by atoms with Gasteiger partial charge in [-0.25, -0.2) is 13.8 Å². The zero-order valence-electron chi connectivity index (χ0n) is 14.1. The summed E-state index contributed by atoms with van der Waals surface area (Å²) in [5.41, 5.74) is 0.260. The van der Waals surface area contributed by atoms with Gasteiger partial charge in [-0.3, -0.25) is 4.98 Å². The quantitative estimate of drug-likeness (QED) is 0.557. The van der Waals surface area contributed by atoms with E-state index >= 15 is 0 Å². The number of alkyl halides is 3. The largest absolute Gasteiger partial charge is 0.493 e. The van der Waals surface area contributed by atoms with Crippen LogP contribution in [0.3, 0.4) is 0 Å². The smallest absolute Gasteiger partial charge is 0.301 e. The van der Waals surface area contributed by atoms with Crippen LogP contribution in [0.1, 0.15) is 5.56 Å². The Labute approximate surface area is 152 Å². The van der Waals surface area contributed by atoms with Gasteiger partial charge in [-0.15, -0.1) is 0 Å². The lowest BCUT2D eigenvalue weighted by atomic mass is 10.1. The Morgan fingerprint density at radius 1 is 1.04 bits per heavy atom. The molecule has 27 heavy (non-hydrogen) atoms. The molecule has 2 aromatic heterocycles. The first-order valence-electron chi connectivity index (χ1n) is 7.81. The van der Waals surface area contributed by atoms with Gasteiger partial charge in [-0.2, -0.15) is 8.78 Å². The summed E-state index contributed by atoms with van der Waals surface area (Å²) in [4.78, 5) is 7.91. The molecule has 0 amide bonds. The van der Waals surface area contributed by atoms with Gasteiger partial charge in [-0.1, -0.05) is 0 Å². The second kappa shape index (κ2) is 7.61. The van der Waals surface area contributed by atoms with E-state index in [2.05, 4.69) is 9.97 Å². The molecule has 2 heterocycles. The Bertz CT molecular complexity index is 933. The van der Waals surface area contributed by atoms with Crippen molar-refractivity contribution in [3.8, 4) is 28.5 Å². The van der Waals surface area contributed by atoms with E-state index in [4.69, 9.17) is 9.47 Å². The highest BCUT2D eigenvalue weighted by atomic mass is 19.3. The first-order valence-corrected chi connectivity index (χ1v) is 7.81. The lowest BCUT2D eigenvalue weighted by molar-refractivity contribution is -0.0281. The predicted octanol–water partition coefficient (Wildman–Crippen LogP) is 5.14. The number of halogens is 4. The maximum Gasteiger partial charge on any atom is 0.301 e. The van der Waals surface area contributed by atoms with E-state index in [1.807, 2.05) is 0 Å². The van der Waals surface area contributed by atoms with Crippen LogP contribution in [-0.4, -0.2) is 23.8 Å². The zero-order chi connectivity index (χ0) is 19.4. The van der Waals surface area contributed by atoms with Crippen LogP contribution in [0, 0.1) is 5.82 Å². The Morgan fingerprint density at radius 3 is 2.44 bits per heavy atom. The zero-order valence-corrected chi connectivity index (χ0v) is 14.1. The van der Waals surface area contributed by atoms with Gasteiger partial charge in [0, 0.05) is 23.5 Å². The molecule has 0 aliphatic carbocycles. The summed E-state index contributed by atoms with van der Waals surface area (Å²) < 4.78 is 63.8. The lowest BCUT2D eigenvalue weighted by Crippen LogP contribution is -2.15. The molecule has 0 atom stereocenters. The minimum absolute atomic E-state index is 0.0271. The number of hydrogen-bond donors (Lipinski definition) is 0. The Kier molecular flexibility index (Phi) is 5.25. The number of nitrogens with zero attached hydrogens (tertiary/aromatic N) is 2. The van der Waals surface area contributed by atoms with Crippen LogP contribution in [0.5, 0.6) is 17.4 Å². The van der Waals surface area contributed by atoms with Crippen molar-refractivity contribution in [3.63, 3.8) is 0 Å². The van der Waals surface area contributed by atoms with Crippen LogP contribution in [-0.2, 0) is 5.92 Å². The molecule has 140 valence electrons. The van der Waals surface area contributed by atoms with Crippen LogP contribution in [0.4, 0.5) is 17.6 Å². The molecule has 0 fully saturated rings. The van der Waals surface area contributed by atoms with Crippen molar-refractivity contribution < 1.29 is 27.0 Å². The first-order chi connectivity index (χ1) is 13.0. The van der Waals surface area contributed by atoms with Gasteiger partial charge < -0.3 is 9.47 Å². The van der Waals surface area contributed by atoms with Gasteiger partial charge in [0.25, 0.3) is 0 Å². The van der Waals surface area contributed by atoms with Crippen LogP contribution < -0.4 is 9.47 Å². The van der Waals surface area contributed by atoms with Crippen molar-refractivity contribution in [1.82, 2.24) is 9.97 Å². The number of ether oxygens (including phenoxy) is 2. The average molecular weight is 378 g/mol. The Balaban J connectivity index is 1.95. The van der Waals surface area contributed by atoms with Gasteiger partial charge in [0.15, 0.2) is 18.2 Å². The molecular weight excluding hydrogens is 364 g/mol. The molecule has 0 unspecified atom stereocenters. The maximum absolute atomic E-state index is 13.9. The highest BCUT2D eigenvalue weighted by Gasteiger charge is 2.31. The standard InChI is InChI=1S/C19H14F4N2O2/c1-26-17-15(9-24-10-16(17)21)14-3-2-8-25-18(14)27-13-6-4-12(5-7-13)19(22,23)11-20/h2-10H,11H2,1H3. The van der Waals surface area contributed by atoms with E-state index < -0.39 is 24.0 Å². The van der Waals surface area contributed by atoms with Crippen molar-refractivity contribution >= 4 is 0 Å². The van der Waals surface area contributed by atoms with Gasteiger partial charge in [0.05, 0.1) is 18.9 Å². The lowest BCUT2D eigenvalue weighted by Gasteiger charge is -2.14. The molecule has 3 aromatic rings. The van der Waals surface area contributed by atoms with Crippen molar-refractivity contribution in [2.75, 3.05) is 13.8 Å². The summed E-state index contributed by atoms with van der Waals surface area (Å²) in [6.45, 7) is -1.79. The van der Waals surface area contributed by atoms with E-state index in [9.17, 15) is 17.6 Å². The number of methoxy groups -OCH3 is 1. The fourth-order valence-corrected chi connectivity index (χ4v) is 2.46. The monoisotopic (exact) mass is 378 g/mol. The molecule has 0 bridgehead atoms. The van der Waals surface area contributed by atoms with Gasteiger partial charge in [-0.05, 0) is 36.4 Å². The molecule has 3 rings (SSSR count). The number of hydrogen-bond acceptors (Lipinski definition) is 4. The van der Waals surface area contributed by atoms with Crippen LogP contribution in [0.15, 0.2) is 55.0 Å². The second-order valence-corrected chi connectivity index (χ2v) is 5.52. The SMILES string of the molecule is COc1c(F)cncc1-c1cccnc1Oc1ccc(C(F)(F)CF)cc1. The van der Waals surface area contributed by atoms with E-state index in [1.165, 1.54) is 31.6 Å². The summed E-state index contributed by atoms with van der Waals surface area (Å²) in [5.74, 6) is -3.93. The highest BCUT2D eigenvalue weighted by molar-refractivity contribution is 5.74. The molecular formula is C19H14F4N2O2. The molecule has 0 radical (unpaired) electrons. The molecule has 0 aliphatic heterocycles. The van der Waals surface area contributed by atoms with Crippen LogP contribution >= 0.6 is 0 Å². The summed E-state index contributed by atoms with van der Waals surface area (Å²) >= 11 is 0. The fraction of sp³-hybridized carbons (Fsp3) is 0.158. The second-order valence-electron chi connectivity index (χ2n) is 5.52. The van der Waals surface area contributed by atoms with Crippen molar-refractivity contribution in [1.29, 1.82) is 0 Å². The fourth-order valence-electron chi connectivity index (χ4n) is 2.46. The van der Waals surface area contributed by atoms with Crippen LogP contribution in [0.2, 0.25) is 0 Å². The third-order valence-corrected chi connectivity index (χ3v) is 3.78. The minimum Gasteiger partial charge on any atom is -0.493 e. The molecule has 1 aromatic carbocycles. The molecule has 0 saturated heterocycles. The normalized spacial score (nSPS) is 11.3. The van der Waals surface area contributed by atoms with Crippen LogP contribution in [0.25, 0.3) is 11.1 Å². The first kappa shape index (κ1) is 18.6. The van der Waals surface area contributed by atoms with E-state index in [0.717, 1.165) is 18.3 Å². The number of benzene rings is 1. The molecule has 0 aliphatic rings. The van der Waals surface area contributed by atoms with Gasteiger partial charge in [0.1, 0.15) is 5.75 Å². The summed E-state index contributed by atoms with van der Waals surface area (Å²) in [7, 11) is 1.32.